The summed E-state index contributed by atoms with van der Waals surface area (Å²) in [6.45, 7) is 3.32. The first-order chi connectivity index (χ1) is 9.76. The highest BCUT2D eigenvalue weighted by molar-refractivity contribution is 5.22. The minimum atomic E-state index is 0.773. The highest BCUT2D eigenvalue weighted by Gasteiger charge is 2.37. The van der Waals surface area contributed by atoms with Gasteiger partial charge in [-0.3, -0.25) is 0 Å². The van der Waals surface area contributed by atoms with E-state index in [-0.39, 0.29) is 0 Å². The van der Waals surface area contributed by atoms with Gasteiger partial charge < -0.3 is 5.32 Å². The zero-order chi connectivity index (χ0) is 13.8. The van der Waals surface area contributed by atoms with Crippen molar-refractivity contribution in [2.75, 3.05) is 6.54 Å². The van der Waals surface area contributed by atoms with Gasteiger partial charge in [-0.25, -0.2) is 0 Å². The summed E-state index contributed by atoms with van der Waals surface area (Å²) in [5, 5.41) is 3.80. The molecule has 3 rings (SSSR count). The molecule has 110 valence electrons. The smallest absolute Gasteiger partial charge is 0.00676 e. The van der Waals surface area contributed by atoms with Crippen molar-refractivity contribution in [1.29, 1.82) is 0 Å². The van der Waals surface area contributed by atoms with Crippen LogP contribution in [-0.2, 0) is 6.42 Å². The summed E-state index contributed by atoms with van der Waals surface area (Å²) in [4.78, 5) is 0. The molecule has 0 amide bonds. The molecule has 2 fully saturated rings. The van der Waals surface area contributed by atoms with Crippen molar-refractivity contribution in [1.82, 2.24) is 5.32 Å². The van der Waals surface area contributed by atoms with Crippen LogP contribution in [0.2, 0.25) is 0 Å². The van der Waals surface area contributed by atoms with Crippen molar-refractivity contribution in [2.45, 2.75) is 70.8 Å². The fraction of sp³-hybridized carbons (Fsp3) is 0.684. The number of hydrogen-bond acceptors (Lipinski definition) is 1. The maximum absolute atomic E-state index is 3.80. The maximum atomic E-state index is 3.80. The standard InChI is InChI=1S/C19H29N/c1-16-5-4-6-17(15-16)9-14-20-18-7-12-19(13-8-18)10-2-3-11-19/h4-6,15,18,20H,2-3,7-14H2,1H3. The van der Waals surface area contributed by atoms with Crippen molar-refractivity contribution in [3.63, 3.8) is 0 Å². The van der Waals surface area contributed by atoms with Crippen LogP contribution in [0.25, 0.3) is 0 Å². The molecule has 0 aromatic heterocycles. The van der Waals surface area contributed by atoms with Gasteiger partial charge in [-0.1, -0.05) is 42.7 Å². The Morgan fingerprint density at radius 1 is 1.10 bits per heavy atom. The Kier molecular flexibility index (Phi) is 4.45. The van der Waals surface area contributed by atoms with E-state index in [0.717, 1.165) is 18.0 Å². The van der Waals surface area contributed by atoms with Crippen LogP contribution in [-0.4, -0.2) is 12.6 Å². The zero-order valence-corrected chi connectivity index (χ0v) is 13.0. The predicted molar refractivity (Wildman–Crippen MR) is 86.0 cm³/mol. The summed E-state index contributed by atoms with van der Waals surface area (Å²) in [5.41, 5.74) is 3.62. The van der Waals surface area contributed by atoms with E-state index in [1.807, 2.05) is 0 Å². The number of hydrogen-bond donors (Lipinski definition) is 1. The van der Waals surface area contributed by atoms with E-state index < -0.39 is 0 Å². The lowest BCUT2D eigenvalue weighted by Gasteiger charge is -2.37. The van der Waals surface area contributed by atoms with Gasteiger partial charge in [-0.15, -0.1) is 0 Å². The molecule has 1 spiro atoms. The molecule has 0 unspecified atom stereocenters. The lowest BCUT2D eigenvalue weighted by molar-refractivity contribution is 0.169. The van der Waals surface area contributed by atoms with Gasteiger partial charge in [0.25, 0.3) is 0 Å². The molecule has 1 heteroatoms. The summed E-state index contributed by atoms with van der Waals surface area (Å²) >= 11 is 0. The Bertz CT molecular complexity index is 421. The summed E-state index contributed by atoms with van der Waals surface area (Å²) < 4.78 is 0. The SMILES string of the molecule is Cc1cccc(CCNC2CCC3(CCCC3)CC2)c1. The second-order valence-corrected chi connectivity index (χ2v) is 7.17. The van der Waals surface area contributed by atoms with E-state index in [2.05, 4.69) is 36.5 Å². The molecule has 0 atom stereocenters. The number of nitrogens with one attached hydrogen (secondary N) is 1. The van der Waals surface area contributed by atoms with Crippen LogP contribution in [0.4, 0.5) is 0 Å². The minimum Gasteiger partial charge on any atom is -0.314 e. The van der Waals surface area contributed by atoms with E-state index in [4.69, 9.17) is 0 Å². The van der Waals surface area contributed by atoms with Crippen LogP contribution in [0.1, 0.15) is 62.5 Å². The summed E-state index contributed by atoms with van der Waals surface area (Å²) in [6.07, 6.45) is 13.0. The third-order valence-electron chi connectivity index (χ3n) is 5.64. The van der Waals surface area contributed by atoms with Crippen LogP contribution >= 0.6 is 0 Å². The monoisotopic (exact) mass is 271 g/mol. The lowest BCUT2D eigenvalue weighted by atomic mass is 9.71. The topological polar surface area (TPSA) is 12.0 Å². The first-order valence-electron chi connectivity index (χ1n) is 8.55. The van der Waals surface area contributed by atoms with Gasteiger partial charge in [-0.05, 0) is 69.4 Å². The third-order valence-corrected chi connectivity index (χ3v) is 5.64. The van der Waals surface area contributed by atoms with Gasteiger partial charge in [0.05, 0.1) is 0 Å². The van der Waals surface area contributed by atoms with Crippen LogP contribution in [0.3, 0.4) is 0 Å². The first-order valence-corrected chi connectivity index (χ1v) is 8.55. The van der Waals surface area contributed by atoms with E-state index in [1.165, 1.54) is 68.9 Å². The molecule has 0 saturated heterocycles. The Labute approximate surface area is 124 Å². The first kappa shape index (κ1) is 14.1. The predicted octanol–water partition coefficient (Wildman–Crippen LogP) is 4.63. The van der Waals surface area contributed by atoms with Gasteiger partial charge in [-0.2, -0.15) is 0 Å². The van der Waals surface area contributed by atoms with Gasteiger partial charge in [0.1, 0.15) is 0 Å². The van der Waals surface area contributed by atoms with E-state index >= 15 is 0 Å². The molecule has 1 N–H and O–H groups in total. The van der Waals surface area contributed by atoms with E-state index in [0.29, 0.717) is 0 Å². The molecule has 0 heterocycles. The second-order valence-electron chi connectivity index (χ2n) is 7.17. The number of benzene rings is 1. The van der Waals surface area contributed by atoms with Gasteiger partial charge >= 0.3 is 0 Å². The molecular weight excluding hydrogens is 242 g/mol. The fourth-order valence-corrected chi connectivity index (χ4v) is 4.35. The molecule has 20 heavy (non-hydrogen) atoms. The van der Waals surface area contributed by atoms with Gasteiger partial charge in [0, 0.05) is 6.04 Å². The van der Waals surface area contributed by atoms with Gasteiger partial charge in [0.2, 0.25) is 0 Å². The number of aryl methyl sites for hydroxylation is 1. The lowest BCUT2D eigenvalue weighted by Crippen LogP contribution is -2.37. The van der Waals surface area contributed by atoms with Crippen molar-refractivity contribution in [3.8, 4) is 0 Å². The van der Waals surface area contributed by atoms with Gasteiger partial charge in [0.15, 0.2) is 0 Å². The largest absolute Gasteiger partial charge is 0.314 e. The van der Waals surface area contributed by atoms with Crippen LogP contribution in [0, 0.1) is 12.3 Å². The maximum Gasteiger partial charge on any atom is 0.00676 e. The molecular formula is C19H29N. The van der Waals surface area contributed by atoms with Crippen molar-refractivity contribution < 1.29 is 0 Å². The minimum absolute atomic E-state index is 0.773. The highest BCUT2D eigenvalue weighted by atomic mass is 14.9. The molecule has 2 saturated carbocycles. The van der Waals surface area contributed by atoms with Crippen molar-refractivity contribution in [3.05, 3.63) is 35.4 Å². The molecule has 0 bridgehead atoms. The molecule has 1 aromatic rings. The Morgan fingerprint density at radius 3 is 2.55 bits per heavy atom. The van der Waals surface area contributed by atoms with Crippen LogP contribution in [0.15, 0.2) is 24.3 Å². The van der Waals surface area contributed by atoms with E-state index in [1.54, 1.807) is 0 Å². The molecule has 2 aliphatic carbocycles. The Hall–Kier alpha value is -0.820. The Balaban J connectivity index is 1.39. The summed E-state index contributed by atoms with van der Waals surface area (Å²) in [6, 6.07) is 9.71. The quantitative estimate of drug-likeness (QED) is 0.842. The normalized spacial score (nSPS) is 22.4. The summed E-state index contributed by atoms with van der Waals surface area (Å²) in [7, 11) is 0. The molecule has 2 aliphatic rings. The molecule has 0 radical (unpaired) electrons. The molecule has 0 aliphatic heterocycles. The van der Waals surface area contributed by atoms with E-state index in [9.17, 15) is 0 Å². The number of rotatable bonds is 4. The average molecular weight is 271 g/mol. The molecule has 1 nitrogen and oxygen atoms in total. The highest BCUT2D eigenvalue weighted by Crippen LogP contribution is 2.48. The fourth-order valence-electron chi connectivity index (χ4n) is 4.35. The van der Waals surface area contributed by atoms with Crippen LogP contribution in [0.5, 0.6) is 0 Å². The average Bonchev–Trinajstić information content (AvgIpc) is 2.90. The molecule has 1 aromatic carbocycles. The Morgan fingerprint density at radius 2 is 1.85 bits per heavy atom. The van der Waals surface area contributed by atoms with Crippen molar-refractivity contribution in [2.24, 2.45) is 5.41 Å². The second kappa shape index (κ2) is 6.30. The zero-order valence-electron chi connectivity index (χ0n) is 13.0. The third kappa shape index (κ3) is 3.44. The van der Waals surface area contributed by atoms with Crippen molar-refractivity contribution >= 4 is 0 Å². The van der Waals surface area contributed by atoms with Crippen LogP contribution < -0.4 is 5.32 Å². The summed E-state index contributed by atoms with van der Waals surface area (Å²) in [5.74, 6) is 0.